The van der Waals surface area contributed by atoms with Crippen molar-refractivity contribution in [2.75, 3.05) is 32.7 Å². The third-order valence-corrected chi connectivity index (χ3v) is 4.35. The monoisotopic (exact) mass is 235 g/mol. The summed E-state index contributed by atoms with van der Waals surface area (Å²) < 4.78 is 0. The number of nitrogens with zero attached hydrogens (tertiary/aromatic N) is 3. The first kappa shape index (κ1) is 12.9. The Bertz CT molecular complexity index is 282. The smallest absolute Gasteiger partial charge is 0.0672 e. The number of hydrogen-bond acceptors (Lipinski definition) is 3. The van der Waals surface area contributed by atoms with Crippen LogP contribution in [0, 0.1) is 23.2 Å². The van der Waals surface area contributed by atoms with Crippen LogP contribution in [0.25, 0.3) is 0 Å². The molecule has 0 amide bonds. The molecule has 0 aromatic carbocycles. The minimum atomic E-state index is 0.199. The predicted octanol–water partition coefficient (Wildman–Crippen LogP) is 1.95. The molecule has 0 N–H and O–H groups in total. The largest absolute Gasteiger partial charge is 0.299 e. The molecule has 2 fully saturated rings. The van der Waals surface area contributed by atoms with Gasteiger partial charge < -0.3 is 0 Å². The summed E-state index contributed by atoms with van der Waals surface area (Å²) in [5, 5.41) is 9.17. The van der Waals surface area contributed by atoms with Crippen molar-refractivity contribution in [3.8, 4) is 6.07 Å². The van der Waals surface area contributed by atoms with E-state index in [0.29, 0.717) is 5.92 Å². The van der Waals surface area contributed by atoms with Gasteiger partial charge in [-0.25, -0.2) is 0 Å². The zero-order valence-electron chi connectivity index (χ0n) is 11.2. The normalized spacial score (nSPS) is 28.7. The van der Waals surface area contributed by atoms with Crippen LogP contribution < -0.4 is 0 Å². The molecule has 0 spiro atoms. The summed E-state index contributed by atoms with van der Waals surface area (Å²) >= 11 is 0. The highest BCUT2D eigenvalue weighted by atomic mass is 15.3. The molecule has 0 aromatic rings. The van der Waals surface area contributed by atoms with Crippen molar-refractivity contribution in [2.45, 2.75) is 39.2 Å². The zero-order chi connectivity index (χ0) is 12.3. The molecule has 2 aliphatic heterocycles. The van der Waals surface area contributed by atoms with Crippen molar-refractivity contribution < 1.29 is 0 Å². The van der Waals surface area contributed by atoms with Crippen molar-refractivity contribution in [1.29, 1.82) is 5.26 Å². The SMILES string of the molecule is CC(C)C(C#N)CN1CCN2CCCCC2C1. The Balaban J connectivity index is 1.85. The van der Waals surface area contributed by atoms with Crippen molar-refractivity contribution in [3.05, 3.63) is 0 Å². The van der Waals surface area contributed by atoms with Gasteiger partial charge in [0.05, 0.1) is 12.0 Å². The van der Waals surface area contributed by atoms with E-state index < -0.39 is 0 Å². The quantitative estimate of drug-likeness (QED) is 0.749. The number of piperidine rings is 1. The highest BCUT2D eigenvalue weighted by molar-refractivity contribution is 4.91. The molecule has 3 heteroatoms. The fourth-order valence-corrected chi connectivity index (χ4v) is 3.07. The zero-order valence-corrected chi connectivity index (χ0v) is 11.2. The van der Waals surface area contributed by atoms with Crippen molar-refractivity contribution in [1.82, 2.24) is 9.80 Å². The van der Waals surface area contributed by atoms with E-state index in [4.69, 9.17) is 0 Å². The van der Waals surface area contributed by atoms with E-state index in [0.717, 1.165) is 19.1 Å². The van der Waals surface area contributed by atoms with Gasteiger partial charge in [-0.2, -0.15) is 5.26 Å². The predicted molar refractivity (Wildman–Crippen MR) is 69.6 cm³/mol. The highest BCUT2D eigenvalue weighted by Gasteiger charge is 2.30. The Labute approximate surface area is 105 Å². The van der Waals surface area contributed by atoms with Crippen LogP contribution in [-0.4, -0.2) is 48.6 Å². The Morgan fingerprint density at radius 2 is 2.06 bits per heavy atom. The van der Waals surface area contributed by atoms with E-state index in [-0.39, 0.29) is 5.92 Å². The molecule has 0 aromatic heterocycles. The van der Waals surface area contributed by atoms with Crippen LogP contribution in [0.5, 0.6) is 0 Å². The van der Waals surface area contributed by atoms with E-state index in [2.05, 4.69) is 29.7 Å². The summed E-state index contributed by atoms with van der Waals surface area (Å²) in [6, 6.07) is 3.23. The van der Waals surface area contributed by atoms with Gasteiger partial charge in [-0.05, 0) is 25.3 Å². The maximum atomic E-state index is 9.17. The first-order valence-electron chi connectivity index (χ1n) is 7.06. The van der Waals surface area contributed by atoms with Gasteiger partial charge in [0.2, 0.25) is 0 Å². The van der Waals surface area contributed by atoms with Crippen molar-refractivity contribution >= 4 is 0 Å². The molecular weight excluding hydrogens is 210 g/mol. The maximum absolute atomic E-state index is 9.17. The summed E-state index contributed by atoms with van der Waals surface area (Å²) in [6.07, 6.45) is 4.12. The molecule has 2 heterocycles. The van der Waals surface area contributed by atoms with Gasteiger partial charge in [0, 0.05) is 32.2 Å². The minimum absolute atomic E-state index is 0.199. The molecule has 2 rings (SSSR count). The number of fused-ring (bicyclic) bond motifs is 1. The summed E-state index contributed by atoms with van der Waals surface area (Å²) in [5.41, 5.74) is 0. The Hall–Kier alpha value is -0.590. The van der Waals surface area contributed by atoms with E-state index in [9.17, 15) is 5.26 Å². The van der Waals surface area contributed by atoms with Crippen LogP contribution >= 0.6 is 0 Å². The summed E-state index contributed by atoms with van der Waals surface area (Å²) in [7, 11) is 0. The lowest BCUT2D eigenvalue weighted by molar-refractivity contribution is 0.0424. The molecule has 96 valence electrons. The van der Waals surface area contributed by atoms with Gasteiger partial charge in [0.15, 0.2) is 0 Å². The molecular formula is C14H25N3. The van der Waals surface area contributed by atoms with Gasteiger partial charge in [-0.3, -0.25) is 9.80 Å². The van der Waals surface area contributed by atoms with E-state index >= 15 is 0 Å². The second-order valence-electron chi connectivity index (χ2n) is 5.92. The number of piperazine rings is 1. The molecule has 17 heavy (non-hydrogen) atoms. The third kappa shape index (κ3) is 3.20. The van der Waals surface area contributed by atoms with Crippen molar-refractivity contribution in [2.24, 2.45) is 11.8 Å². The second-order valence-corrected chi connectivity index (χ2v) is 5.92. The van der Waals surface area contributed by atoms with Crippen LogP contribution in [0.4, 0.5) is 0 Å². The number of rotatable bonds is 3. The van der Waals surface area contributed by atoms with E-state index in [1.807, 2.05) is 0 Å². The number of hydrogen-bond donors (Lipinski definition) is 0. The summed E-state index contributed by atoms with van der Waals surface area (Å²) in [6.45, 7) is 10.1. The molecule has 2 atom stereocenters. The first-order chi connectivity index (χ1) is 8.20. The number of nitriles is 1. The van der Waals surface area contributed by atoms with Crippen LogP contribution in [0.3, 0.4) is 0 Å². The fraction of sp³-hybridized carbons (Fsp3) is 0.929. The van der Waals surface area contributed by atoms with E-state index in [1.54, 1.807) is 0 Å². The molecule has 0 saturated carbocycles. The Morgan fingerprint density at radius 1 is 1.24 bits per heavy atom. The second kappa shape index (κ2) is 5.84. The lowest BCUT2D eigenvalue weighted by atomic mass is 9.95. The molecule has 2 saturated heterocycles. The first-order valence-corrected chi connectivity index (χ1v) is 7.06. The van der Waals surface area contributed by atoms with Gasteiger partial charge >= 0.3 is 0 Å². The standard InChI is InChI=1S/C14H25N3/c1-12(2)13(9-15)10-16-7-8-17-6-4-3-5-14(17)11-16/h12-14H,3-8,10-11H2,1-2H3. The molecule has 3 nitrogen and oxygen atoms in total. The summed E-state index contributed by atoms with van der Waals surface area (Å²) in [5.74, 6) is 0.675. The van der Waals surface area contributed by atoms with Gasteiger partial charge in [0.1, 0.15) is 0 Å². The van der Waals surface area contributed by atoms with Crippen molar-refractivity contribution in [3.63, 3.8) is 0 Å². The van der Waals surface area contributed by atoms with Gasteiger partial charge in [-0.15, -0.1) is 0 Å². The Kier molecular flexibility index (Phi) is 4.42. The van der Waals surface area contributed by atoms with Crippen LogP contribution in [0.2, 0.25) is 0 Å². The maximum Gasteiger partial charge on any atom is 0.0672 e. The molecule has 0 radical (unpaired) electrons. The lowest BCUT2D eigenvalue weighted by Gasteiger charge is -2.44. The van der Waals surface area contributed by atoms with Crippen LogP contribution in [-0.2, 0) is 0 Å². The fourth-order valence-electron chi connectivity index (χ4n) is 3.07. The van der Waals surface area contributed by atoms with Crippen LogP contribution in [0.1, 0.15) is 33.1 Å². The topological polar surface area (TPSA) is 30.3 Å². The Morgan fingerprint density at radius 3 is 2.76 bits per heavy atom. The third-order valence-electron chi connectivity index (χ3n) is 4.35. The van der Waals surface area contributed by atoms with Crippen LogP contribution in [0.15, 0.2) is 0 Å². The molecule has 2 aliphatic rings. The highest BCUT2D eigenvalue weighted by Crippen LogP contribution is 2.22. The summed E-state index contributed by atoms with van der Waals surface area (Å²) in [4.78, 5) is 5.16. The average molecular weight is 235 g/mol. The molecule has 0 aliphatic carbocycles. The van der Waals surface area contributed by atoms with Gasteiger partial charge in [0.25, 0.3) is 0 Å². The molecule has 0 bridgehead atoms. The molecule has 2 unspecified atom stereocenters. The average Bonchev–Trinajstić information content (AvgIpc) is 2.35. The minimum Gasteiger partial charge on any atom is -0.299 e. The van der Waals surface area contributed by atoms with Gasteiger partial charge in [-0.1, -0.05) is 20.3 Å². The lowest BCUT2D eigenvalue weighted by Crippen LogP contribution is -2.55. The van der Waals surface area contributed by atoms with E-state index in [1.165, 1.54) is 38.9 Å².